The van der Waals surface area contributed by atoms with Gasteiger partial charge in [-0.3, -0.25) is 9.59 Å². The number of sulfonamides is 1. The number of carbonyl (C=O) groups excluding carboxylic acids is 2. The molecule has 0 unspecified atom stereocenters. The van der Waals surface area contributed by atoms with E-state index in [1.54, 1.807) is 28.0 Å². The molecule has 2 atom stereocenters. The second kappa shape index (κ2) is 8.28. The summed E-state index contributed by atoms with van der Waals surface area (Å²) in [6.45, 7) is 6.32. The third-order valence-corrected chi connectivity index (χ3v) is 8.16. The van der Waals surface area contributed by atoms with Gasteiger partial charge in [0.25, 0.3) is 0 Å². The van der Waals surface area contributed by atoms with Crippen LogP contribution in [0.1, 0.15) is 32.3 Å². The molecule has 0 aromatic heterocycles. The summed E-state index contributed by atoms with van der Waals surface area (Å²) in [4.78, 5) is 28.5. The molecule has 164 valence electrons. The Hall–Kier alpha value is -1.97. The largest absolute Gasteiger partial charge is 0.378 e. The molecule has 2 saturated heterocycles. The van der Waals surface area contributed by atoms with E-state index < -0.39 is 10.0 Å². The number of hydrogen-bond donors (Lipinski definition) is 0. The van der Waals surface area contributed by atoms with Crippen LogP contribution in [0.15, 0.2) is 23.1 Å². The molecule has 0 N–H and O–H groups in total. The van der Waals surface area contributed by atoms with E-state index >= 15 is 0 Å². The molecule has 0 bridgehead atoms. The Morgan fingerprint density at radius 1 is 1.13 bits per heavy atom. The van der Waals surface area contributed by atoms with Gasteiger partial charge in [0.15, 0.2) is 0 Å². The van der Waals surface area contributed by atoms with E-state index in [4.69, 9.17) is 4.74 Å². The van der Waals surface area contributed by atoms with Crippen molar-refractivity contribution >= 4 is 27.5 Å². The van der Waals surface area contributed by atoms with Gasteiger partial charge in [-0.2, -0.15) is 4.31 Å². The minimum absolute atomic E-state index is 0.0148. The molecule has 1 aromatic rings. The number of ether oxygens (including phenoxy) is 1. The summed E-state index contributed by atoms with van der Waals surface area (Å²) in [6, 6.07) is 5.02. The summed E-state index contributed by atoms with van der Waals surface area (Å²) in [5.41, 5.74) is 1.66. The van der Waals surface area contributed by atoms with Gasteiger partial charge in [-0.25, -0.2) is 8.42 Å². The molecule has 0 aliphatic carbocycles. The number of benzene rings is 1. The molecule has 0 spiro atoms. The van der Waals surface area contributed by atoms with Gasteiger partial charge in [-0.05, 0) is 49.9 Å². The zero-order chi connectivity index (χ0) is 21.5. The van der Waals surface area contributed by atoms with Gasteiger partial charge in [0.2, 0.25) is 21.8 Å². The average Bonchev–Trinajstić information content (AvgIpc) is 3.09. The first-order valence-corrected chi connectivity index (χ1v) is 12.0. The molecule has 2 amide bonds. The molecule has 30 heavy (non-hydrogen) atoms. The summed E-state index contributed by atoms with van der Waals surface area (Å²) in [6.07, 6.45) is 2.01. The topological polar surface area (TPSA) is 87.2 Å². The predicted octanol–water partition coefficient (Wildman–Crippen LogP) is 1.24. The molecule has 1 aromatic carbocycles. The van der Waals surface area contributed by atoms with Crippen molar-refractivity contribution in [2.45, 2.75) is 44.0 Å². The lowest BCUT2D eigenvalue weighted by Crippen LogP contribution is -2.49. The second-order valence-electron chi connectivity index (χ2n) is 8.37. The van der Waals surface area contributed by atoms with Gasteiger partial charge >= 0.3 is 0 Å². The minimum Gasteiger partial charge on any atom is -0.378 e. The molecule has 8 nitrogen and oxygen atoms in total. The van der Waals surface area contributed by atoms with Crippen molar-refractivity contribution in [2.75, 3.05) is 44.3 Å². The number of carbonyl (C=O) groups is 2. The quantitative estimate of drug-likeness (QED) is 0.713. The van der Waals surface area contributed by atoms with E-state index in [9.17, 15) is 18.0 Å². The average molecular weight is 436 g/mol. The van der Waals surface area contributed by atoms with Crippen LogP contribution < -0.4 is 4.90 Å². The second-order valence-corrected chi connectivity index (χ2v) is 10.3. The summed E-state index contributed by atoms with van der Waals surface area (Å²) in [5.74, 6) is -0.329. The monoisotopic (exact) mass is 435 g/mol. The van der Waals surface area contributed by atoms with E-state index in [0.717, 1.165) is 11.3 Å². The number of morpholine rings is 1. The minimum atomic E-state index is -3.70. The van der Waals surface area contributed by atoms with Crippen LogP contribution in [-0.2, 0) is 30.8 Å². The maximum absolute atomic E-state index is 13.3. The van der Waals surface area contributed by atoms with E-state index in [2.05, 4.69) is 0 Å². The lowest BCUT2D eigenvalue weighted by atomic mass is 9.98. The van der Waals surface area contributed by atoms with Gasteiger partial charge in [0, 0.05) is 44.8 Å². The SMILES string of the molecule is CC(=O)N1c2ccc(S(=O)(=O)N3CCC[C@@H](C(=O)N4CCOCC4)C3)cc2C[C@H]1C. The van der Waals surface area contributed by atoms with E-state index in [-0.39, 0.29) is 35.2 Å². The molecule has 0 saturated carbocycles. The number of piperidine rings is 1. The van der Waals surface area contributed by atoms with Crippen molar-refractivity contribution in [3.63, 3.8) is 0 Å². The first-order chi connectivity index (χ1) is 14.3. The number of amides is 2. The van der Waals surface area contributed by atoms with Crippen LogP contribution in [-0.4, -0.2) is 74.9 Å². The van der Waals surface area contributed by atoms with Crippen LogP contribution in [0.5, 0.6) is 0 Å². The lowest BCUT2D eigenvalue weighted by molar-refractivity contribution is -0.140. The Bertz CT molecular complexity index is 942. The Labute approximate surface area is 177 Å². The van der Waals surface area contributed by atoms with Crippen LogP contribution in [0, 0.1) is 5.92 Å². The predicted molar refractivity (Wildman–Crippen MR) is 112 cm³/mol. The zero-order valence-corrected chi connectivity index (χ0v) is 18.4. The molecule has 4 rings (SSSR count). The number of rotatable bonds is 3. The maximum atomic E-state index is 13.3. The standard InChI is InChI=1S/C21H29N3O5S/c1-15-12-18-13-19(5-6-20(18)24(15)16(2)25)30(27,28)23-7-3-4-17(14-23)21(26)22-8-10-29-11-9-22/h5-6,13,15,17H,3-4,7-12,14H2,1-2H3/t15-,17-/m1/s1. The first-order valence-electron chi connectivity index (χ1n) is 10.6. The van der Waals surface area contributed by atoms with Crippen molar-refractivity contribution in [3.8, 4) is 0 Å². The van der Waals surface area contributed by atoms with Gasteiger partial charge in [-0.15, -0.1) is 0 Å². The summed E-state index contributed by atoms with van der Waals surface area (Å²) >= 11 is 0. The third-order valence-electron chi connectivity index (χ3n) is 6.30. The smallest absolute Gasteiger partial charge is 0.243 e. The Morgan fingerprint density at radius 3 is 2.57 bits per heavy atom. The fourth-order valence-electron chi connectivity index (χ4n) is 4.80. The fourth-order valence-corrected chi connectivity index (χ4v) is 6.38. The maximum Gasteiger partial charge on any atom is 0.243 e. The summed E-state index contributed by atoms with van der Waals surface area (Å²) < 4.78 is 33.4. The zero-order valence-electron chi connectivity index (χ0n) is 17.5. The molecule has 3 heterocycles. The van der Waals surface area contributed by atoms with Gasteiger partial charge in [0.05, 0.1) is 24.0 Å². The Kier molecular flexibility index (Phi) is 5.87. The molecule has 0 radical (unpaired) electrons. The fraction of sp³-hybridized carbons (Fsp3) is 0.619. The number of nitrogens with zero attached hydrogens (tertiary/aromatic N) is 3. The van der Waals surface area contributed by atoms with E-state index in [0.29, 0.717) is 52.1 Å². The number of anilines is 1. The first kappa shape index (κ1) is 21.3. The van der Waals surface area contributed by atoms with Crippen LogP contribution in [0.4, 0.5) is 5.69 Å². The molecular weight excluding hydrogens is 406 g/mol. The van der Waals surface area contributed by atoms with Crippen molar-refractivity contribution in [2.24, 2.45) is 5.92 Å². The van der Waals surface area contributed by atoms with Gasteiger partial charge < -0.3 is 14.5 Å². The Balaban J connectivity index is 1.53. The lowest BCUT2D eigenvalue weighted by Gasteiger charge is -2.35. The molecule has 9 heteroatoms. The van der Waals surface area contributed by atoms with Crippen molar-refractivity contribution in [3.05, 3.63) is 23.8 Å². The number of fused-ring (bicyclic) bond motifs is 1. The van der Waals surface area contributed by atoms with Crippen molar-refractivity contribution in [1.29, 1.82) is 0 Å². The van der Waals surface area contributed by atoms with E-state index in [1.807, 2.05) is 6.92 Å². The van der Waals surface area contributed by atoms with E-state index in [1.165, 1.54) is 11.2 Å². The third kappa shape index (κ3) is 3.86. The normalized spacial score (nSPS) is 25.3. The molecule has 2 fully saturated rings. The van der Waals surface area contributed by atoms with Crippen LogP contribution >= 0.6 is 0 Å². The number of hydrogen-bond acceptors (Lipinski definition) is 5. The summed E-state index contributed by atoms with van der Waals surface area (Å²) in [5, 5.41) is 0. The van der Waals surface area contributed by atoms with Crippen molar-refractivity contribution in [1.82, 2.24) is 9.21 Å². The molecular formula is C21H29N3O5S. The van der Waals surface area contributed by atoms with Crippen LogP contribution in [0.25, 0.3) is 0 Å². The van der Waals surface area contributed by atoms with Crippen LogP contribution in [0.3, 0.4) is 0 Å². The van der Waals surface area contributed by atoms with Crippen LogP contribution in [0.2, 0.25) is 0 Å². The molecule has 3 aliphatic heterocycles. The highest BCUT2D eigenvalue weighted by molar-refractivity contribution is 7.89. The Morgan fingerprint density at radius 2 is 1.87 bits per heavy atom. The van der Waals surface area contributed by atoms with Gasteiger partial charge in [0.1, 0.15) is 0 Å². The molecule has 3 aliphatic rings. The highest BCUT2D eigenvalue weighted by Crippen LogP contribution is 2.35. The van der Waals surface area contributed by atoms with Crippen molar-refractivity contribution < 1.29 is 22.7 Å². The highest BCUT2D eigenvalue weighted by atomic mass is 32.2. The summed E-state index contributed by atoms with van der Waals surface area (Å²) in [7, 11) is -3.70. The highest BCUT2D eigenvalue weighted by Gasteiger charge is 2.36. The van der Waals surface area contributed by atoms with Gasteiger partial charge in [-0.1, -0.05) is 0 Å².